The number of anilines is 1. The lowest BCUT2D eigenvalue weighted by Crippen LogP contribution is -2.33. The van der Waals surface area contributed by atoms with Crippen LogP contribution in [0.4, 0.5) is 18.9 Å². The van der Waals surface area contributed by atoms with Crippen molar-refractivity contribution in [2.45, 2.75) is 19.0 Å². The summed E-state index contributed by atoms with van der Waals surface area (Å²) in [4.78, 5) is 26.5. The van der Waals surface area contributed by atoms with E-state index in [1.165, 1.54) is 12.1 Å². The maximum Gasteiger partial charge on any atom is 0.416 e. The fraction of sp³-hybridized carbons (Fsp3) is 0.529. The van der Waals surface area contributed by atoms with Gasteiger partial charge in [-0.05, 0) is 54.7 Å². The van der Waals surface area contributed by atoms with Gasteiger partial charge in [0, 0.05) is 0 Å². The summed E-state index contributed by atoms with van der Waals surface area (Å²) in [5, 5.41) is 0. The maximum atomic E-state index is 12.9. The van der Waals surface area contributed by atoms with Crippen LogP contribution in [-0.4, -0.2) is 11.8 Å². The van der Waals surface area contributed by atoms with Gasteiger partial charge in [-0.2, -0.15) is 13.2 Å². The first-order valence-electron chi connectivity index (χ1n) is 7.93. The molecule has 0 unspecified atom stereocenters. The number of rotatable bonds is 1. The molecule has 6 atom stereocenters. The van der Waals surface area contributed by atoms with Gasteiger partial charge in [0.25, 0.3) is 0 Å². The minimum atomic E-state index is -4.49. The van der Waals surface area contributed by atoms with Gasteiger partial charge in [-0.15, -0.1) is 0 Å². The molecule has 1 aromatic rings. The van der Waals surface area contributed by atoms with E-state index in [1.54, 1.807) is 0 Å². The number of carbonyl (C=O) groups is 2. The Labute approximate surface area is 130 Å². The molecule has 3 saturated carbocycles. The summed E-state index contributed by atoms with van der Waals surface area (Å²) in [6.45, 7) is 0. The maximum absolute atomic E-state index is 12.9. The number of carbonyl (C=O) groups excluding carboxylic acids is 2. The molecule has 4 aliphatic rings. The monoisotopic (exact) mass is 321 g/mol. The number of hydrogen-bond donors (Lipinski definition) is 0. The smallest absolute Gasteiger partial charge is 0.274 e. The largest absolute Gasteiger partial charge is 0.416 e. The Balaban J connectivity index is 1.53. The molecule has 0 aromatic heterocycles. The SMILES string of the molecule is O=C1[C@@H]2[C@@H]3C[C@@H]([C@@H]4C[C@@H]43)[C@@H]2C(=O)N1c1cccc(C(F)(F)F)c1. The van der Waals surface area contributed by atoms with Gasteiger partial charge in [0.15, 0.2) is 0 Å². The van der Waals surface area contributed by atoms with E-state index in [4.69, 9.17) is 0 Å². The van der Waals surface area contributed by atoms with Gasteiger partial charge in [0.05, 0.1) is 23.1 Å². The number of amides is 2. The van der Waals surface area contributed by atoms with Gasteiger partial charge in [0.1, 0.15) is 0 Å². The van der Waals surface area contributed by atoms with Crippen LogP contribution in [0.3, 0.4) is 0 Å². The first-order chi connectivity index (χ1) is 10.9. The molecule has 1 heterocycles. The Morgan fingerprint density at radius 1 is 0.913 bits per heavy atom. The van der Waals surface area contributed by atoms with Crippen molar-refractivity contribution >= 4 is 17.5 Å². The molecular weight excluding hydrogens is 307 g/mol. The van der Waals surface area contributed by atoms with Crippen LogP contribution < -0.4 is 4.90 Å². The summed E-state index contributed by atoms with van der Waals surface area (Å²) in [7, 11) is 0. The van der Waals surface area contributed by atoms with Crippen molar-refractivity contribution in [3.05, 3.63) is 29.8 Å². The number of halogens is 3. The molecule has 3 aliphatic carbocycles. The highest BCUT2D eigenvalue weighted by Gasteiger charge is 2.72. The highest BCUT2D eigenvalue weighted by atomic mass is 19.4. The zero-order valence-electron chi connectivity index (χ0n) is 12.1. The fourth-order valence-corrected chi connectivity index (χ4v) is 5.40. The van der Waals surface area contributed by atoms with Crippen molar-refractivity contribution in [3.8, 4) is 0 Å². The van der Waals surface area contributed by atoms with Crippen LogP contribution in [0.15, 0.2) is 24.3 Å². The van der Waals surface area contributed by atoms with E-state index in [0.717, 1.165) is 29.9 Å². The van der Waals surface area contributed by atoms with Crippen LogP contribution in [0.1, 0.15) is 18.4 Å². The third kappa shape index (κ3) is 1.61. The molecule has 6 heteroatoms. The number of fused-ring (bicyclic) bond motifs is 8. The molecule has 0 spiro atoms. The van der Waals surface area contributed by atoms with Gasteiger partial charge in [-0.3, -0.25) is 14.5 Å². The zero-order valence-corrected chi connectivity index (χ0v) is 12.1. The van der Waals surface area contributed by atoms with E-state index in [0.29, 0.717) is 11.8 Å². The molecule has 5 rings (SSSR count). The van der Waals surface area contributed by atoms with Crippen LogP contribution in [-0.2, 0) is 15.8 Å². The number of imide groups is 1. The van der Waals surface area contributed by atoms with Crippen LogP contribution in [0.25, 0.3) is 0 Å². The van der Waals surface area contributed by atoms with Crippen molar-refractivity contribution in [1.82, 2.24) is 0 Å². The second-order valence-corrected chi connectivity index (χ2v) is 7.24. The summed E-state index contributed by atoms with van der Waals surface area (Å²) in [6, 6.07) is 4.52. The Morgan fingerprint density at radius 2 is 1.48 bits per heavy atom. The average molecular weight is 321 g/mol. The topological polar surface area (TPSA) is 37.4 Å². The van der Waals surface area contributed by atoms with E-state index >= 15 is 0 Å². The Morgan fingerprint density at radius 3 is 2.04 bits per heavy atom. The number of hydrogen-bond acceptors (Lipinski definition) is 2. The average Bonchev–Trinajstić information content (AvgIpc) is 3.01. The second kappa shape index (κ2) is 3.97. The standard InChI is InChI=1S/C17H14F3NO2/c18-17(19,20)7-2-1-3-8(4-7)21-15(22)13-11-6-12(10-5-9(10)11)14(13)16(21)23/h1-4,9-14H,5-6H2/t9-,10+,11+,12-,13+,14-. The molecule has 2 bridgehead atoms. The molecule has 0 N–H and O–H groups in total. The van der Waals surface area contributed by atoms with Gasteiger partial charge in [-0.1, -0.05) is 6.07 Å². The lowest BCUT2D eigenvalue weighted by molar-refractivity contribution is -0.137. The summed E-state index contributed by atoms with van der Waals surface area (Å²) in [5.74, 6) is 0.481. The Bertz CT molecular complexity index is 712. The summed E-state index contributed by atoms with van der Waals surface area (Å²) in [6.07, 6.45) is -2.43. The van der Waals surface area contributed by atoms with Gasteiger partial charge < -0.3 is 0 Å². The molecule has 1 saturated heterocycles. The molecule has 120 valence electrons. The zero-order chi connectivity index (χ0) is 16.1. The molecule has 4 fully saturated rings. The normalized spacial score (nSPS) is 40.6. The van der Waals surface area contributed by atoms with Gasteiger partial charge in [-0.25, -0.2) is 0 Å². The van der Waals surface area contributed by atoms with E-state index in [-0.39, 0.29) is 41.2 Å². The van der Waals surface area contributed by atoms with Crippen LogP contribution >= 0.6 is 0 Å². The molecule has 3 nitrogen and oxygen atoms in total. The first-order valence-corrected chi connectivity index (χ1v) is 7.93. The number of alkyl halides is 3. The predicted octanol–water partition coefficient (Wildman–Crippen LogP) is 3.10. The van der Waals surface area contributed by atoms with Crippen molar-refractivity contribution in [2.75, 3.05) is 4.90 Å². The summed E-state index contributed by atoms with van der Waals surface area (Å²) < 4.78 is 38.6. The summed E-state index contributed by atoms with van der Waals surface area (Å²) >= 11 is 0. The van der Waals surface area contributed by atoms with Crippen molar-refractivity contribution < 1.29 is 22.8 Å². The first kappa shape index (κ1) is 13.6. The summed E-state index contributed by atoms with van der Waals surface area (Å²) in [5.41, 5.74) is -0.782. The fourth-order valence-electron chi connectivity index (χ4n) is 5.40. The third-order valence-corrected chi connectivity index (χ3v) is 6.29. The number of benzene rings is 1. The predicted molar refractivity (Wildman–Crippen MR) is 74.1 cm³/mol. The molecule has 0 radical (unpaired) electrons. The number of nitrogens with zero attached hydrogens (tertiary/aromatic N) is 1. The van der Waals surface area contributed by atoms with Crippen LogP contribution in [0, 0.1) is 35.5 Å². The van der Waals surface area contributed by atoms with Crippen LogP contribution in [0.5, 0.6) is 0 Å². The van der Waals surface area contributed by atoms with E-state index in [1.807, 2.05) is 0 Å². The molecular formula is C17H14F3NO2. The quantitative estimate of drug-likeness (QED) is 0.746. The highest BCUT2D eigenvalue weighted by molar-refractivity contribution is 6.22. The Hall–Kier alpha value is -1.85. The van der Waals surface area contributed by atoms with Crippen molar-refractivity contribution in [3.63, 3.8) is 0 Å². The van der Waals surface area contributed by atoms with Crippen molar-refractivity contribution in [1.29, 1.82) is 0 Å². The van der Waals surface area contributed by atoms with E-state index < -0.39 is 11.7 Å². The molecule has 1 aromatic carbocycles. The highest BCUT2D eigenvalue weighted by Crippen LogP contribution is 2.71. The lowest BCUT2D eigenvalue weighted by atomic mass is 9.81. The van der Waals surface area contributed by atoms with Crippen molar-refractivity contribution in [2.24, 2.45) is 35.5 Å². The third-order valence-electron chi connectivity index (χ3n) is 6.29. The van der Waals surface area contributed by atoms with E-state index in [9.17, 15) is 22.8 Å². The van der Waals surface area contributed by atoms with Gasteiger partial charge in [0.2, 0.25) is 11.8 Å². The molecule has 1 aliphatic heterocycles. The molecule has 23 heavy (non-hydrogen) atoms. The molecule has 2 amide bonds. The van der Waals surface area contributed by atoms with Gasteiger partial charge >= 0.3 is 6.18 Å². The minimum Gasteiger partial charge on any atom is -0.274 e. The minimum absolute atomic E-state index is 0.0531. The second-order valence-electron chi connectivity index (χ2n) is 7.24. The Kier molecular flexibility index (Phi) is 2.34. The van der Waals surface area contributed by atoms with E-state index in [2.05, 4.69) is 0 Å². The lowest BCUT2D eigenvalue weighted by Gasteiger charge is -2.19. The van der Waals surface area contributed by atoms with Crippen LogP contribution in [0.2, 0.25) is 0 Å².